The number of benzene rings is 2. The van der Waals surface area contributed by atoms with Gasteiger partial charge in [-0.1, -0.05) is 25.5 Å². The lowest BCUT2D eigenvalue weighted by molar-refractivity contribution is -0.116. The summed E-state index contributed by atoms with van der Waals surface area (Å²) in [6.07, 6.45) is 2.36. The Morgan fingerprint density at radius 2 is 1.67 bits per heavy atom. The van der Waals surface area contributed by atoms with Crippen LogP contribution in [0, 0.1) is 0 Å². The molecule has 4 N–H and O–H groups in total. The standard InChI is InChI=1S/C20H23N3O3S/c1-2-3-8-18(24)22-14-9-11-15(12-10-14)27-13-19(25)23-17-7-5-4-6-16(17)20(21)26/h4-7,9-12H,2-3,8,13H2,1H3,(H2,21,26)(H,22,24)(H,23,25). The van der Waals surface area contributed by atoms with Crippen LogP contribution in [0.3, 0.4) is 0 Å². The Labute approximate surface area is 162 Å². The van der Waals surface area contributed by atoms with Crippen molar-refractivity contribution in [2.24, 2.45) is 5.73 Å². The highest BCUT2D eigenvalue weighted by atomic mass is 32.2. The second-order valence-electron chi connectivity index (χ2n) is 5.92. The van der Waals surface area contributed by atoms with E-state index >= 15 is 0 Å². The van der Waals surface area contributed by atoms with E-state index in [1.54, 1.807) is 24.3 Å². The van der Waals surface area contributed by atoms with Gasteiger partial charge in [-0.05, 0) is 42.8 Å². The van der Waals surface area contributed by atoms with E-state index in [1.165, 1.54) is 11.8 Å². The fraction of sp³-hybridized carbons (Fsp3) is 0.250. The smallest absolute Gasteiger partial charge is 0.250 e. The highest BCUT2D eigenvalue weighted by Crippen LogP contribution is 2.21. The van der Waals surface area contributed by atoms with Crippen molar-refractivity contribution in [1.29, 1.82) is 0 Å². The molecule has 142 valence electrons. The normalized spacial score (nSPS) is 10.3. The Balaban J connectivity index is 1.85. The summed E-state index contributed by atoms with van der Waals surface area (Å²) in [5.74, 6) is -0.625. The molecule has 6 nitrogen and oxygen atoms in total. The Bertz CT molecular complexity index is 806. The summed E-state index contributed by atoms with van der Waals surface area (Å²) in [6.45, 7) is 2.04. The molecule has 0 saturated carbocycles. The number of thioether (sulfide) groups is 1. The van der Waals surface area contributed by atoms with Crippen molar-refractivity contribution in [3.63, 3.8) is 0 Å². The van der Waals surface area contributed by atoms with E-state index in [9.17, 15) is 14.4 Å². The van der Waals surface area contributed by atoms with E-state index in [0.717, 1.165) is 23.4 Å². The van der Waals surface area contributed by atoms with Gasteiger partial charge in [-0.3, -0.25) is 14.4 Å². The number of hydrogen-bond donors (Lipinski definition) is 3. The second-order valence-corrected chi connectivity index (χ2v) is 6.97. The van der Waals surface area contributed by atoms with Gasteiger partial charge in [0.2, 0.25) is 11.8 Å². The molecule has 0 fully saturated rings. The zero-order chi connectivity index (χ0) is 19.6. The van der Waals surface area contributed by atoms with Crippen molar-refractivity contribution in [3.8, 4) is 0 Å². The molecular weight excluding hydrogens is 362 g/mol. The van der Waals surface area contributed by atoms with Gasteiger partial charge in [0.1, 0.15) is 0 Å². The summed E-state index contributed by atoms with van der Waals surface area (Å²) in [6, 6.07) is 13.9. The first-order chi connectivity index (χ1) is 13.0. The van der Waals surface area contributed by atoms with Crippen molar-refractivity contribution >= 4 is 40.9 Å². The monoisotopic (exact) mass is 385 g/mol. The minimum Gasteiger partial charge on any atom is -0.366 e. The third-order valence-corrected chi connectivity index (χ3v) is 4.74. The van der Waals surface area contributed by atoms with Crippen LogP contribution in [0.15, 0.2) is 53.4 Å². The number of carbonyl (C=O) groups is 3. The van der Waals surface area contributed by atoms with Crippen molar-refractivity contribution in [1.82, 2.24) is 0 Å². The van der Waals surface area contributed by atoms with Gasteiger partial charge in [0.05, 0.1) is 17.0 Å². The Kier molecular flexibility index (Phi) is 7.88. The third-order valence-electron chi connectivity index (χ3n) is 3.73. The molecule has 0 unspecified atom stereocenters. The molecule has 0 radical (unpaired) electrons. The van der Waals surface area contributed by atoms with Gasteiger partial charge in [-0.2, -0.15) is 0 Å². The molecule has 2 aromatic rings. The molecule has 27 heavy (non-hydrogen) atoms. The van der Waals surface area contributed by atoms with Gasteiger partial charge in [-0.25, -0.2) is 0 Å². The average Bonchev–Trinajstić information content (AvgIpc) is 2.66. The number of amides is 3. The molecule has 2 aromatic carbocycles. The lowest BCUT2D eigenvalue weighted by atomic mass is 10.1. The number of primary amides is 1. The highest BCUT2D eigenvalue weighted by Gasteiger charge is 2.10. The summed E-state index contributed by atoms with van der Waals surface area (Å²) < 4.78 is 0. The van der Waals surface area contributed by atoms with Gasteiger partial charge < -0.3 is 16.4 Å². The lowest BCUT2D eigenvalue weighted by Crippen LogP contribution is -2.19. The zero-order valence-electron chi connectivity index (χ0n) is 15.2. The van der Waals surface area contributed by atoms with Gasteiger partial charge in [0.25, 0.3) is 5.91 Å². The summed E-state index contributed by atoms with van der Waals surface area (Å²) in [5.41, 5.74) is 6.72. The summed E-state index contributed by atoms with van der Waals surface area (Å²) in [4.78, 5) is 36.1. The number of carbonyl (C=O) groups excluding carboxylic acids is 3. The maximum atomic E-state index is 12.1. The van der Waals surface area contributed by atoms with Crippen LogP contribution < -0.4 is 16.4 Å². The van der Waals surface area contributed by atoms with Crippen molar-refractivity contribution in [2.45, 2.75) is 31.1 Å². The molecule has 0 aliphatic rings. The number of nitrogens with two attached hydrogens (primary N) is 1. The van der Waals surface area contributed by atoms with E-state index in [2.05, 4.69) is 10.6 Å². The second kappa shape index (κ2) is 10.4. The van der Waals surface area contributed by atoms with Gasteiger partial charge in [-0.15, -0.1) is 11.8 Å². The van der Waals surface area contributed by atoms with Crippen LogP contribution >= 0.6 is 11.8 Å². The van der Waals surface area contributed by atoms with Crippen LogP contribution in [-0.4, -0.2) is 23.5 Å². The largest absolute Gasteiger partial charge is 0.366 e. The topological polar surface area (TPSA) is 101 Å². The molecule has 3 amide bonds. The molecular formula is C20H23N3O3S. The number of anilines is 2. The summed E-state index contributed by atoms with van der Waals surface area (Å²) in [5, 5.41) is 5.55. The fourth-order valence-electron chi connectivity index (χ4n) is 2.34. The maximum absolute atomic E-state index is 12.1. The van der Waals surface area contributed by atoms with Crippen LogP contribution in [0.5, 0.6) is 0 Å². The summed E-state index contributed by atoms with van der Waals surface area (Å²) >= 11 is 1.36. The van der Waals surface area contributed by atoms with E-state index in [0.29, 0.717) is 12.1 Å². The molecule has 0 bridgehead atoms. The maximum Gasteiger partial charge on any atom is 0.250 e. The van der Waals surface area contributed by atoms with E-state index in [4.69, 9.17) is 5.73 Å². The first-order valence-electron chi connectivity index (χ1n) is 8.71. The quantitative estimate of drug-likeness (QED) is 0.574. The van der Waals surface area contributed by atoms with Crippen LogP contribution in [0.2, 0.25) is 0 Å². The Hall–Kier alpha value is -2.80. The molecule has 0 saturated heterocycles. The highest BCUT2D eigenvalue weighted by molar-refractivity contribution is 8.00. The molecule has 0 spiro atoms. The number of nitrogens with one attached hydrogen (secondary N) is 2. The zero-order valence-corrected chi connectivity index (χ0v) is 16.0. The van der Waals surface area contributed by atoms with Gasteiger partial charge in [0, 0.05) is 17.0 Å². The molecule has 0 atom stereocenters. The molecule has 2 rings (SSSR count). The van der Waals surface area contributed by atoms with Gasteiger partial charge >= 0.3 is 0 Å². The number of para-hydroxylation sites is 1. The molecule has 7 heteroatoms. The third kappa shape index (κ3) is 6.79. The minimum absolute atomic E-state index is 0.00440. The van der Waals surface area contributed by atoms with Crippen LogP contribution in [-0.2, 0) is 9.59 Å². The first kappa shape index (κ1) is 20.5. The molecule has 0 aliphatic carbocycles. The number of rotatable bonds is 9. The average molecular weight is 385 g/mol. The predicted molar refractivity (Wildman–Crippen MR) is 109 cm³/mol. The molecule has 0 aliphatic heterocycles. The molecule has 0 aromatic heterocycles. The van der Waals surface area contributed by atoms with Crippen LogP contribution in [0.4, 0.5) is 11.4 Å². The van der Waals surface area contributed by atoms with Crippen molar-refractivity contribution in [2.75, 3.05) is 16.4 Å². The fourth-order valence-corrected chi connectivity index (χ4v) is 3.04. The first-order valence-corrected chi connectivity index (χ1v) is 9.69. The van der Waals surface area contributed by atoms with E-state index in [1.807, 2.05) is 31.2 Å². The number of hydrogen-bond acceptors (Lipinski definition) is 4. The Morgan fingerprint density at radius 3 is 2.33 bits per heavy atom. The SMILES string of the molecule is CCCCC(=O)Nc1ccc(SCC(=O)Nc2ccccc2C(N)=O)cc1. The molecule has 0 heterocycles. The van der Waals surface area contributed by atoms with E-state index < -0.39 is 5.91 Å². The Morgan fingerprint density at radius 1 is 0.963 bits per heavy atom. The number of unbranched alkanes of at least 4 members (excludes halogenated alkanes) is 1. The lowest BCUT2D eigenvalue weighted by Gasteiger charge is -2.09. The van der Waals surface area contributed by atoms with Crippen LogP contribution in [0.25, 0.3) is 0 Å². The van der Waals surface area contributed by atoms with Crippen molar-refractivity contribution < 1.29 is 14.4 Å². The van der Waals surface area contributed by atoms with E-state index in [-0.39, 0.29) is 23.1 Å². The summed E-state index contributed by atoms with van der Waals surface area (Å²) in [7, 11) is 0. The minimum atomic E-state index is -0.588. The van der Waals surface area contributed by atoms with Crippen LogP contribution in [0.1, 0.15) is 36.5 Å². The predicted octanol–water partition coefficient (Wildman–Crippen LogP) is 3.65. The van der Waals surface area contributed by atoms with Gasteiger partial charge in [0.15, 0.2) is 0 Å². The van der Waals surface area contributed by atoms with Crippen molar-refractivity contribution in [3.05, 3.63) is 54.1 Å².